The minimum absolute atomic E-state index is 0. The predicted octanol–water partition coefficient (Wildman–Crippen LogP) is 14.1. The molecule has 0 radical (unpaired) electrons. The number of benzene rings is 4. The van der Waals surface area contributed by atoms with Gasteiger partial charge >= 0.3 is 18.5 Å². The Labute approximate surface area is 601 Å². The van der Waals surface area contributed by atoms with Crippen LogP contribution in [0.4, 0.5) is 39.5 Å². The zero-order chi connectivity index (χ0) is 74.7. The summed E-state index contributed by atoms with van der Waals surface area (Å²) in [5, 5.41) is 9.60. The lowest BCUT2D eigenvalue weighted by Crippen LogP contribution is -2.58. The third-order valence-electron chi connectivity index (χ3n) is 21.2. The Morgan fingerprint density at radius 2 is 0.856 bits per heavy atom. The van der Waals surface area contributed by atoms with Crippen molar-refractivity contribution in [3.8, 4) is 28.7 Å². The molecule has 0 unspecified atom stereocenters. The lowest BCUT2D eigenvalue weighted by molar-refractivity contribution is -0.146. The molecule has 0 aliphatic carbocycles. The van der Waals surface area contributed by atoms with Crippen LogP contribution in [0.1, 0.15) is 138 Å². The van der Waals surface area contributed by atoms with Crippen LogP contribution in [0, 0.1) is 6.92 Å². The normalized spacial score (nSPS) is 18.1. The van der Waals surface area contributed by atoms with Gasteiger partial charge in [-0.1, -0.05) is 18.2 Å². The smallest absolute Gasteiger partial charge is 0.431 e. The average molecular weight is 1460 g/mol. The number of carbonyl (C=O) groups excluding carboxylic acids is 3. The number of piperidine rings is 3. The highest BCUT2D eigenvalue weighted by Gasteiger charge is 2.52. The lowest BCUT2D eigenvalue weighted by Gasteiger charge is -2.52. The van der Waals surface area contributed by atoms with Crippen molar-refractivity contribution in [2.24, 2.45) is 0 Å². The Morgan fingerprint density at radius 1 is 0.462 bits per heavy atom. The van der Waals surface area contributed by atoms with Crippen LogP contribution in [0.3, 0.4) is 0 Å². The fourth-order valence-electron chi connectivity index (χ4n) is 16.1. The molecule has 0 saturated carbocycles. The zero-order valence-electron chi connectivity index (χ0n) is 60.0. The van der Waals surface area contributed by atoms with Crippen LogP contribution in [0.2, 0.25) is 0 Å². The van der Waals surface area contributed by atoms with E-state index < -0.39 is 52.2 Å². The SMILES string of the molecule is CN1CCn2c(C(F)(F)F)ccc2C12CCN(C(=O)c1ccc(Oc3ccccc3)cc1)CC2.COCCN1CCn2c(C(F)(F)F)ccc2C12CCN(C(=O)c1ccc(OC(C)C)c(OC)c1)CC2.Cc1cc(C(=O)N2CCC3(CC2)c2ccc(C(F)(F)F)n2CCN3CCO)ccc1OC(C)C.[HH]. The number of aromatic nitrogens is 3. The molecule has 1 N–H and O–H groups in total. The fourth-order valence-corrected chi connectivity index (χ4v) is 16.1. The molecule has 27 heteroatoms. The summed E-state index contributed by atoms with van der Waals surface area (Å²) in [5.41, 5.74) is 0.948. The summed E-state index contributed by atoms with van der Waals surface area (Å²) in [6.45, 7) is 16.0. The second-order valence-corrected chi connectivity index (χ2v) is 28.0. The number of aryl methyl sites for hydroxylation is 1. The van der Waals surface area contributed by atoms with Gasteiger partial charge in [-0.2, -0.15) is 39.5 Å². The minimum atomic E-state index is -4.42. The second kappa shape index (κ2) is 31.3. The van der Waals surface area contributed by atoms with Gasteiger partial charge in [-0.3, -0.25) is 29.1 Å². The van der Waals surface area contributed by atoms with E-state index in [1.165, 1.54) is 32.9 Å². The van der Waals surface area contributed by atoms with Crippen molar-refractivity contribution in [1.29, 1.82) is 0 Å². The molecule has 0 atom stereocenters. The Hall–Kier alpha value is -8.50. The summed E-state index contributed by atoms with van der Waals surface area (Å²) in [5.74, 6) is 2.86. The molecule has 7 aromatic rings. The second-order valence-electron chi connectivity index (χ2n) is 28.0. The van der Waals surface area contributed by atoms with Crippen LogP contribution in [0.15, 0.2) is 127 Å². The monoisotopic (exact) mass is 1460 g/mol. The number of aliphatic hydroxyl groups is 1. The Morgan fingerprint density at radius 3 is 1.29 bits per heavy atom. The van der Waals surface area contributed by atoms with E-state index in [0.29, 0.717) is 175 Å². The summed E-state index contributed by atoms with van der Waals surface area (Å²) in [6.07, 6.45) is -9.93. The van der Waals surface area contributed by atoms with Gasteiger partial charge in [0.2, 0.25) is 0 Å². The highest BCUT2D eigenvalue weighted by molar-refractivity contribution is 5.96. The van der Waals surface area contributed by atoms with Gasteiger partial charge in [-0.25, -0.2) is 0 Å². The highest BCUT2D eigenvalue weighted by Crippen LogP contribution is 2.49. The third-order valence-corrected chi connectivity index (χ3v) is 21.2. The average Bonchev–Trinajstić information content (AvgIpc) is 1.68. The molecule has 3 spiro atoms. The third kappa shape index (κ3) is 15.9. The Kier molecular flexibility index (Phi) is 23.1. The number of nitrogens with zero attached hydrogens (tertiary/aromatic N) is 9. The van der Waals surface area contributed by atoms with Crippen LogP contribution >= 0.6 is 0 Å². The molecule has 0 bridgehead atoms. The number of rotatable bonds is 15. The number of likely N-dealkylation sites (tertiary alicyclic amines) is 3. The number of ether oxygens (including phenoxy) is 5. The first-order valence-electron chi connectivity index (χ1n) is 35.4. The Balaban J connectivity index is 0.000000168. The van der Waals surface area contributed by atoms with Gasteiger partial charge in [0.05, 0.1) is 49.1 Å². The number of alkyl halides is 9. The Bertz CT molecular complexity index is 4110. The molecule has 9 heterocycles. The van der Waals surface area contributed by atoms with Crippen molar-refractivity contribution >= 4 is 17.7 Å². The standard InChI is InChI=1S/C26H34F3N3O4.C26H26F3N3O2.C25H32F3N3O3.H2/c1-18(2)36-20-6-5-19(17-21(20)35-4)24(33)30-11-9-25(10-12-30)22-7-8-23(26(27,28)29)32(22)14-13-31(25)15-16-34-3;1-30-17-18-32-22(11-12-23(32)26(27,28)29)25(30)13-15-31(16-14-25)24(33)19-7-9-21(10-8-19)34-20-5-3-2-4-6-20;1-17(2)34-20-5-4-19(16-18(20)3)23(33)29-10-8-24(9-11-29)21-6-7-22(25(26,27)28)31(21)13-12-30(24)14-15-32;/h5-8,17-18H,9-16H2,1-4H3;2-12H,13-18H2,1H3;4-7,16-17,32H,8-15H2,1-3H3;1H. The fraction of sp³-hybridized carbons (Fsp3) is 0.494. The number of aliphatic hydroxyl groups excluding tert-OH is 1. The number of amides is 3. The van der Waals surface area contributed by atoms with Crippen LogP contribution < -0.4 is 18.9 Å². The molecule has 4 aromatic carbocycles. The molecule has 3 fully saturated rings. The molecule has 13 rings (SSSR count). The summed E-state index contributed by atoms with van der Waals surface area (Å²) >= 11 is 0. The van der Waals surface area contributed by atoms with E-state index in [-0.39, 0.29) is 51.1 Å². The quantitative estimate of drug-likeness (QED) is 0.0973. The van der Waals surface area contributed by atoms with Gasteiger partial charge in [0.1, 0.15) is 34.3 Å². The molecule has 3 amide bonds. The maximum absolute atomic E-state index is 13.7. The van der Waals surface area contributed by atoms with Gasteiger partial charge in [-0.15, -0.1) is 0 Å². The molecule has 3 saturated heterocycles. The number of β-amino-alcohol motifs (C(OH)–C–C–N with tert-alkyl or cyclic N) is 1. The van der Waals surface area contributed by atoms with E-state index in [9.17, 15) is 59.0 Å². The summed E-state index contributed by atoms with van der Waals surface area (Å²) < 4.78 is 154. The van der Waals surface area contributed by atoms with Crippen LogP contribution in [-0.2, 0) is 59.5 Å². The molecular formula is C77H94F9N9O9. The molecule has 104 heavy (non-hydrogen) atoms. The van der Waals surface area contributed by atoms with Crippen LogP contribution in [0.25, 0.3) is 0 Å². The van der Waals surface area contributed by atoms with Crippen LogP contribution in [0.5, 0.6) is 28.7 Å². The van der Waals surface area contributed by atoms with Crippen LogP contribution in [-0.4, -0.2) is 185 Å². The zero-order valence-corrected chi connectivity index (χ0v) is 60.0. The summed E-state index contributed by atoms with van der Waals surface area (Å²) in [6, 6.07) is 35.3. The molecule has 3 aromatic heterocycles. The minimum Gasteiger partial charge on any atom is -0.493 e. The number of carbonyl (C=O) groups is 3. The van der Waals surface area contributed by atoms with Crippen molar-refractivity contribution in [3.63, 3.8) is 0 Å². The van der Waals surface area contributed by atoms with E-state index in [1.807, 2.05) is 84.1 Å². The van der Waals surface area contributed by atoms with E-state index in [4.69, 9.17) is 23.7 Å². The summed E-state index contributed by atoms with van der Waals surface area (Å²) in [4.78, 5) is 51.5. The van der Waals surface area contributed by atoms with Crippen molar-refractivity contribution in [1.82, 2.24) is 43.1 Å². The van der Waals surface area contributed by atoms with E-state index in [1.54, 1.807) is 88.5 Å². The number of halogens is 9. The largest absolute Gasteiger partial charge is 0.493 e. The van der Waals surface area contributed by atoms with Gasteiger partial charge in [0, 0.05) is 134 Å². The van der Waals surface area contributed by atoms with E-state index in [2.05, 4.69) is 14.7 Å². The molecule has 18 nitrogen and oxygen atoms in total. The van der Waals surface area contributed by atoms with Crippen molar-refractivity contribution in [2.45, 2.75) is 140 Å². The first-order chi connectivity index (χ1) is 49.4. The van der Waals surface area contributed by atoms with Gasteiger partial charge in [-0.05, 0) is 195 Å². The van der Waals surface area contributed by atoms with E-state index >= 15 is 0 Å². The van der Waals surface area contributed by atoms with Crippen molar-refractivity contribution in [2.75, 3.05) is 106 Å². The van der Waals surface area contributed by atoms with Gasteiger partial charge in [0.15, 0.2) is 11.5 Å². The molecule has 6 aliphatic heterocycles. The number of hydrogen-bond acceptors (Lipinski definition) is 12. The topological polar surface area (TPSA) is 152 Å². The first-order valence-corrected chi connectivity index (χ1v) is 35.4. The van der Waals surface area contributed by atoms with Crippen molar-refractivity contribution < 1.29 is 84.1 Å². The number of hydrogen-bond donors (Lipinski definition) is 1. The lowest BCUT2D eigenvalue weighted by atomic mass is 9.81. The number of likely N-dealkylation sites (N-methyl/N-ethyl adjacent to an activating group) is 1. The maximum Gasteiger partial charge on any atom is 0.431 e. The van der Waals surface area contributed by atoms with E-state index in [0.717, 1.165) is 23.1 Å². The first kappa shape index (κ1) is 76.6. The van der Waals surface area contributed by atoms with Gasteiger partial charge < -0.3 is 57.2 Å². The number of fused-ring (bicyclic) bond motifs is 6. The maximum atomic E-state index is 13.7. The number of para-hydroxylation sites is 1. The summed E-state index contributed by atoms with van der Waals surface area (Å²) in [7, 11) is 5.12. The number of methoxy groups -OCH3 is 2. The predicted molar refractivity (Wildman–Crippen MR) is 374 cm³/mol. The molecule has 6 aliphatic rings. The van der Waals surface area contributed by atoms with Gasteiger partial charge in [0.25, 0.3) is 17.7 Å². The highest BCUT2D eigenvalue weighted by atomic mass is 19.4. The molecular weight excluding hydrogens is 1370 g/mol. The van der Waals surface area contributed by atoms with Crippen molar-refractivity contribution in [3.05, 3.63) is 184 Å². The molecule has 564 valence electrons.